The maximum atomic E-state index is 12.2. The lowest BCUT2D eigenvalue weighted by atomic mass is 10.1. The summed E-state index contributed by atoms with van der Waals surface area (Å²) in [5.74, 6) is 0.339. The van der Waals surface area contributed by atoms with Gasteiger partial charge < -0.3 is 5.32 Å². The smallest absolute Gasteiger partial charge is 0.274 e. The Kier molecular flexibility index (Phi) is 4.19. The third-order valence-corrected chi connectivity index (χ3v) is 3.57. The number of hydrogen-bond donors (Lipinski definition) is 2. The number of aromatic nitrogens is 3. The highest BCUT2D eigenvalue weighted by Crippen LogP contribution is 2.12. The molecule has 1 heterocycles. The second kappa shape index (κ2) is 6.44. The van der Waals surface area contributed by atoms with Crippen molar-refractivity contribution in [1.82, 2.24) is 15.2 Å². The molecule has 0 atom stereocenters. The van der Waals surface area contributed by atoms with E-state index in [0.29, 0.717) is 18.1 Å². The van der Waals surface area contributed by atoms with Crippen LogP contribution >= 0.6 is 0 Å². The minimum Gasteiger partial charge on any atom is -0.324 e. The zero-order valence-electron chi connectivity index (χ0n) is 13.1. The molecular formula is C18H18N4O. The fraction of sp³-hybridized carbons (Fsp3) is 0.167. The SMILES string of the molecule is Cc1ccc(Cc2nnc(Nc3ccc(C)cc3)[nH]c2=O)cc1. The molecule has 0 unspecified atom stereocenters. The highest BCUT2D eigenvalue weighted by Gasteiger charge is 2.06. The van der Waals surface area contributed by atoms with Crippen molar-refractivity contribution in [1.29, 1.82) is 0 Å². The van der Waals surface area contributed by atoms with Crippen LogP contribution < -0.4 is 10.9 Å². The minimum atomic E-state index is -0.227. The van der Waals surface area contributed by atoms with Crippen LogP contribution in [0.4, 0.5) is 11.6 Å². The molecule has 0 spiro atoms. The maximum absolute atomic E-state index is 12.2. The molecule has 0 fully saturated rings. The third-order valence-electron chi connectivity index (χ3n) is 3.57. The molecule has 0 aliphatic carbocycles. The molecule has 0 aliphatic rings. The molecule has 2 aromatic carbocycles. The van der Waals surface area contributed by atoms with Crippen LogP contribution in [0.25, 0.3) is 0 Å². The van der Waals surface area contributed by atoms with Gasteiger partial charge in [0.05, 0.1) is 0 Å². The van der Waals surface area contributed by atoms with Crippen LogP contribution in [0.1, 0.15) is 22.4 Å². The molecule has 0 bridgehead atoms. The van der Waals surface area contributed by atoms with E-state index in [-0.39, 0.29) is 5.56 Å². The average Bonchev–Trinajstić information content (AvgIpc) is 2.54. The van der Waals surface area contributed by atoms with E-state index in [9.17, 15) is 4.79 Å². The average molecular weight is 306 g/mol. The molecule has 5 heteroatoms. The quantitative estimate of drug-likeness (QED) is 0.777. The number of aryl methyl sites for hydroxylation is 2. The zero-order valence-corrected chi connectivity index (χ0v) is 13.1. The molecule has 0 saturated carbocycles. The van der Waals surface area contributed by atoms with E-state index in [0.717, 1.165) is 11.3 Å². The van der Waals surface area contributed by atoms with Gasteiger partial charge in [0.25, 0.3) is 5.56 Å². The summed E-state index contributed by atoms with van der Waals surface area (Å²) in [7, 11) is 0. The summed E-state index contributed by atoms with van der Waals surface area (Å²) in [6.07, 6.45) is 0.466. The number of hydrogen-bond acceptors (Lipinski definition) is 4. The van der Waals surface area contributed by atoms with Gasteiger partial charge in [-0.05, 0) is 31.5 Å². The molecule has 3 rings (SSSR count). The third kappa shape index (κ3) is 3.83. The Morgan fingerprint density at radius 3 is 2.13 bits per heavy atom. The van der Waals surface area contributed by atoms with Gasteiger partial charge in [0.2, 0.25) is 5.95 Å². The van der Waals surface area contributed by atoms with Crippen molar-refractivity contribution in [3.8, 4) is 0 Å². The number of nitrogens with zero attached hydrogens (tertiary/aromatic N) is 2. The van der Waals surface area contributed by atoms with E-state index in [4.69, 9.17) is 0 Å². The molecule has 3 aromatic rings. The van der Waals surface area contributed by atoms with Gasteiger partial charge in [-0.15, -0.1) is 10.2 Å². The predicted molar refractivity (Wildman–Crippen MR) is 91.1 cm³/mol. The van der Waals surface area contributed by atoms with Gasteiger partial charge in [0.15, 0.2) is 0 Å². The van der Waals surface area contributed by atoms with E-state index in [1.54, 1.807) is 0 Å². The van der Waals surface area contributed by atoms with Gasteiger partial charge in [0, 0.05) is 12.1 Å². The topological polar surface area (TPSA) is 70.7 Å². The summed E-state index contributed by atoms with van der Waals surface area (Å²) in [4.78, 5) is 14.9. The number of rotatable bonds is 4. The zero-order chi connectivity index (χ0) is 16.2. The lowest BCUT2D eigenvalue weighted by Gasteiger charge is -2.06. The van der Waals surface area contributed by atoms with E-state index in [1.807, 2.05) is 62.4 Å². The van der Waals surface area contributed by atoms with Crippen molar-refractivity contribution < 1.29 is 0 Å². The largest absolute Gasteiger partial charge is 0.324 e. The Morgan fingerprint density at radius 1 is 0.913 bits per heavy atom. The van der Waals surface area contributed by atoms with Gasteiger partial charge >= 0.3 is 0 Å². The van der Waals surface area contributed by atoms with Crippen molar-refractivity contribution in [3.05, 3.63) is 81.3 Å². The van der Waals surface area contributed by atoms with Gasteiger partial charge in [-0.1, -0.05) is 47.5 Å². The van der Waals surface area contributed by atoms with Crippen molar-refractivity contribution in [3.63, 3.8) is 0 Å². The van der Waals surface area contributed by atoms with Gasteiger partial charge in [-0.25, -0.2) is 0 Å². The molecule has 23 heavy (non-hydrogen) atoms. The van der Waals surface area contributed by atoms with Crippen molar-refractivity contribution in [2.24, 2.45) is 0 Å². The molecule has 2 N–H and O–H groups in total. The second-order valence-electron chi connectivity index (χ2n) is 5.60. The summed E-state index contributed by atoms with van der Waals surface area (Å²) < 4.78 is 0. The fourth-order valence-electron chi connectivity index (χ4n) is 2.21. The molecule has 0 radical (unpaired) electrons. The molecule has 1 aromatic heterocycles. The molecule has 0 saturated heterocycles. The highest BCUT2D eigenvalue weighted by atomic mass is 16.1. The van der Waals surface area contributed by atoms with E-state index in [2.05, 4.69) is 20.5 Å². The first kappa shape index (κ1) is 15.0. The van der Waals surface area contributed by atoms with E-state index >= 15 is 0 Å². The van der Waals surface area contributed by atoms with Gasteiger partial charge in [0.1, 0.15) is 5.69 Å². The Hall–Kier alpha value is -2.95. The summed E-state index contributed by atoms with van der Waals surface area (Å²) >= 11 is 0. The fourth-order valence-corrected chi connectivity index (χ4v) is 2.21. The maximum Gasteiger partial charge on any atom is 0.274 e. The number of benzene rings is 2. The first-order valence-electron chi connectivity index (χ1n) is 7.45. The van der Waals surface area contributed by atoms with Crippen LogP contribution in [0.2, 0.25) is 0 Å². The van der Waals surface area contributed by atoms with Crippen molar-refractivity contribution >= 4 is 11.6 Å². The molecule has 5 nitrogen and oxygen atoms in total. The van der Waals surface area contributed by atoms with Crippen LogP contribution in [0.15, 0.2) is 53.3 Å². The monoisotopic (exact) mass is 306 g/mol. The van der Waals surface area contributed by atoms with E-state index in [1.165, 1.54) is 11.1 Å². The van der Waals surface area contributed by atoms with Crippen LogP contribution in [0, 0.1) is 13.8 Å². The lowest BCUT2D eigenvalue weighted by molar-refractivity contribution is 0.874. The van der Waals surface area contributed by atoms with Crippen LogP contribution in [0.5, 0.6) is 0 Å². The molecule has 0 aliphatic heterocycles. The Bertz CT molecular complexity index is 851. The van der Waals surface area contributed by atoms with Crippen molar-refractivity contribution in [2.75, 3.05) is 5.32 Å². The lowest BCUT2D eigenvalue weighted by Crippen LogP contribution is -2.18. The molecule has 116 valence electrons. The number of anilines is 2. The summed E-state index contributed by atoms with van der Waals surface area (Å²) in [5.41, 5.74) is 4.43. The van der Waals surface area contributed by atoms with Gasteiger partial charge in [-0.2, -0.15) is 0 Å². The Morgan fingerprint density at radius 2 is 1.52 bits per heavy atom. The Balaban J connectivity index is 1.76. The molecule has 0 amide bonds. The number of aromatic amines is 1. The summed E-state index contributed by atoms with van der Waals surface area (Å²) in [6.45, 7) is 4.05. The van der Waals surface area contributed by atoms with Crippen LogP contribution in [-0.4, -0.2) is 15.2 Å². The van der Waals surface area contributed by atoms with E-state index < -0.39 is 0 Å². The predicted octanol–water partition coefficient (Wildman–Crippen LogP) is 3.12. The minimum absolute atomic E-state index is 0.227. The summed E-state index contributed by atoms with van der Waals surface area (Å²) in [5, 5.41) is 11.1. The van der Waals surface area contributed by atoms with Crippen LogP contribution in [-0.2, 0) is 6.42 Å². The van der Waals surface area contributed by atoms with Crippen molar-refractivity contribution in [2.45, 2.75) is 20.3 Å². The van der Waals surface area contributed by atoms with Crippen LogP contribution in [0.3, 0.4) is 0 Å². The first-order chi connectivity index (χ1) is 11.1. The normalized spacial score (nSPS) is 10.5. The second-order valence-corrected chi connectivity index (χ2v) is 5.60. The molecular weight excluding hydrogens is 288 g/mol. The number of H-pyrrole nitrogens is 1. The highest BCUT2D eigenvalue weighted by molar-refractivity contribution is 5.53. The number of nitrogens with one attached hydrogen (secondary N) is 2. The van der Waals surface area contributed by atoms with Gasteiger partial charge in [-0.3, -0.25) is 9.78 Å². The first-order valence-corrected chi connectivity index (χ1v) is 7.45. The standard InChI is InChI=1S/C18H18N4O/c1-12-3-7-14(8-4-12)11-16-17(23)20-18(22-21-16)19-15-9-5-13(2)6-10-15/h3-10H,11H2,1-2H3,(H2,19,20,22,23). The summed E-state index contributed by atoms with van der Waals surface area (Å²) in [6, 6.07) is 15.8. The Labute approximate surface area is 134 Å².